The Balaban J connectivity index is 1.41. The number of ether oxygens (including phenoxy) is 1. The molecule has 3 aromatic rings. The first-order chi connectivity index (χ1) is 16.2. The van der Waals surface area contributed by atoms with E-state index >= 15 is 0 Å². The number of piperazine rings is 1. The van der Waals surface area contributed by atoms with Crippen molar-refractivity contribution in [1.82, 2.24) is 4.98 Å². The Morgan fingerprint density at radius 1 is 1.18 bits per heavy atom. The number of halogens is 4. The third kappa shape index (κ3) is 5.13. The molecule has 34 heavy (non-hydrogen) atoms. The van der Waals surface area contributed by atoms with Crippen molar-refractivity contribution in [2.75, 3.05) is 50.1 Å². The maximum Gasteiger partial charge on any atom is 0.416 e. The van der Waals surface area contributed by atoms with Gasteiger partial charge < -0.3 is 24.8 Å². The van der Waals surface area contributed by atoms with Crippen molar-refractivity contribution in [3.8, 4) is 0 Å². The van der Waals surface area contributed by atoms with Gasteiger partial charge >= 0.3 is 12.1 Å². The summed E-state index contributed by atoms with van der Waals surface area (Å²) in [5, 5.41) is 3.84. The summed E-state index contributed by atoms with van der Waals surface area (Å²) in [6.45, 7) is 2.32. The van der Waals surface area contributed by atoms with Gasteiger partial charge in [-0.3, -0.25) is 4.79 Å². The van der Waals surface area contributed by atoms with E-state index in [-0.39, 0.29) is 18.1 Å². The van der Waals surface area contributed by atoms with Crippen LogP contribution in [0.5, 0.6) is 0 Å². The maximum absolute atomic E-state index is 13.0. The van der Waals surface area contributed by atoms with Gasteiger partial charge in [-0.2, -0.15) is 13.2 Å². The number of carbonyl (C=O) groups is 2. The molecule has 0 saturated carbocycles. The second-order valence-electron chi connectivity index (χ2n) is 8.07. The zero-order valence-electron chi connectivity index (χ0n) is 18.3. The summed E-state index contributed by atoms with van der Waals surface area (Å²) in [4.78, 5) is 30.8. The predicted molar refractivity (Wildman–Crippen MR) is 122 cm³/mol. The highest BCUT2D eigenvalue weighted by atomic mass is 35.5. The van der Waals surface area contributed by atoms with Gasteiger partial charge in [0.2, 0.25) is 0 Å². The molecule has 0 bridgehead atoms. The molecule has 2 aromatic carbocycles. The van der Waals surface area contributed by atoms with Crippen molar-refractivity contribution in [3.63, 3.8) is 0 Å². The van der Waals surface area contributed by atoms with Gasteiger partial charge in [-0.1, -0.05) is 17.7 Å². The molecular weight excluding hydrogens is 473 g/mol. The number of H-pyrrole nitrogens is 1. The lowest BCUT2D eigenvalue weighted by Crippen LogP contribution is -3.15. The number of nitrogens with zero attached hydrogens (tertiary/aromatic N) is 1. The highest BCUT2D eigenvalue weighted by molar-refractivity contribution is 6.31. The summed E-state index contributed by atoms with van der Waals surface area (Å²) in [6, 6.07) is 10.3. The molecule has 0 aliphatic carbocycles. The second-order valence-corrected chi connectivity index (χ2v) is 8.50. The third-order valence-electron chi connectivity index (χ3n) is 5.83. The summed E-state index contributed by atoms with van der Waals surface area (Å²) in [6.07, 6.45) is -4.39. The Bertz CT molecular complexity index is 1220. The molecule has 0 unspecified atom stereocenters. The largest absolute Gasteiger partial charge is 0.464 e. The number of alkyl halides is 3. The van der Waals surface area contributed by atoms with E-state index in [1.54, 1.807) is 24.3 Å². The first kappa shape index (κ1) is 23.9. The van der Waals surface area contributed by atoms with Gasteiger partial charge in [0.15, 0.2) is 6.54 Å². The van der Waals surface area contributed by atoms with Crippen molar-refractivity contribution < 1.29 is 32.4 Å². The lowest BCUT2D eigenvalue weighted by atomic mass is 10.1. The van der Waals surface area contributed by atoms with Gasteiger partial charge in [-0.25, -0.2) is 4.79 Å². The number of esters is 1. The van der Waals surface area contributed by atoms with E-state index in [4.69, 9.17) is 16.3 Å². The molecule has 1 saturated heterocycles. The molecular formula is C23H23ClF3N4O3+. The predicted octanol–water partition coefficient (Wildman–Crippen LogP) is 2.97. The number of aromatic nitrogens is 1. The van der Waals surface area contributed by atoms with Crippen LogP contribution in [-0.2, 0) is 15.7 Å². The topological polar surface area (TPSA) is 78.9 Å². The summed E-state index contributed by atoms with van der Waals surface area (Å²) < 4.78 is 43.8. The summed E-state index contributed by atoms with van der Waals surface area (Å²) >= 11 is 6.09. The molecule has 180 valence electrons. The zero-order chi connectivity index (χ0) is 24.5. The molecule has 4 rings (SSSR count). The van der Waals surface area contributed by atoms with Crippen LogP contribution in [0.15, 0.2) is 42.5 Å². The molecule has 1 aromatic heterocycles. The van der Waals surface area contributed by atoms with Crippen molar-refractivity contribution in [3.05, 3.63) is 58.7 Å². The lowest BCUT2D eigenvalue weighted by Gasteiger charge is -2.33. The molecule has 1 aliphatic heterocycles. The van der Waals surface area contributed by atoms with E-state index in [9.17, 15) is 22.8 Å². The van der Waals surface area contributed by atoms with E-state index in [2.05, 4.69) is 10.3 Å². The standard InChI is InChI=1S/C23H22ClF3N4O3/c1-34-22(33)21-20(17-12-15(24)5-6-18(17)28-21)29-19(32)13-30-7-9-31(10-8-30)16-4-2-3-14(11-16)23(25,26)27/h2-6,11-12,28H,7-10,13H2,1H3,(H,29,32)/p+1. The van der Waals surface area contributed by atoms with Crippen molar-refractivity contribution in [2.24, 2.45) is 0 Å². The quantitative estimate of drug-likeness (QED) is 0.476. The number of nitrogens with one attached hydrogen (secondary N) is 3. The first-order valence-electron chi connectivity index (χ1n) is 10.6. The highest BCUT2D eigenvalue weighted by Gasteiger charge is 2.31. The van der Waals surface area contributed by atoms with Crippen LogP contribution < -0.4 is 15.1 Å². The number of benzene rings is 2. The van der Waals surface area contributed by atoms with Gasteiger partial charge in [0, 0.05) is 21.6 Å². The third-order valence-corrected chi connectivity index (χ3v) is 6.07. The average Bonchev–Trinajstić information content (AvgIpc) is 3.16. The number of carbonyl (C=O) groups excluding carboxylic acids is 2. The fraction of sp³-hybridized carbons (Fsp3) is 0.304. The molecule has 11 heteroatoms. The van der Waals surface area contributed by atoms with Gasteiger partial charge in [-0.15, -0.1) is 0 Å². The molecule has 0 radical (unpaired) electrons. The van der Waals surface area contributed by atoms with Crippen LogP contribution in [-0.4, -0.2) is 56.7 Å². The number of fused-ring (bicyclic) bond motifs is 1. The SMILES string of the molecule is COC(=O)c1[nH]c2ccc(Cl)cc2c1NC(=O)C[NH+]1CCN(c2cccc(C(F)(F)F)c2)CC1. The van der Waals surface area contributed by atoms with Crippen LogP contribution in [0.2, 0.25) is 5.02 Å². The molecule has 0 atom stereocenters. The van der Waals surface area contributed by atoms with E-state index in [0.29, 0.717) is 53.5 Å². The number of amides is 1. The van der Waals surface area contributed by atoms with Crippen LogP contribution in [0.25, 0.3) is 10.9 Å². The average molecular weight is 496 g/mol. The summed E-state index contributed by atoms with van der Waals surface area (Å²) in [5.74, 6) is -0.918. The van der Waals surface area contributed by atoms with Crippen molar-refractivity contribution in [1.29, 1.82) is 0 Å². The molecule has 1 aliphatic rings. The van der Waals surface area contributed by atoms with Crippen molar-refractivity contribution >= 4 is 45.8 Å². The summed E-state index contributed by atoms with van der Waals surface area (Å²) in [5.41, 5.74) is 0.882. The molecule has 7 nitrogen and oxygen atoms in total. The van der Waals surface area contributed by atoms with E-state index < -0.39 is 17.7 Å². The van der Waals surface area contributed by atoms with Gasteiger partial charge in [0.1, 0.15) is 5.69 Å². The Kier molecular flexibility index (Phi) is 6.72. The molecule has 1 amide bonds. The number of anilines is 2. The second kappa shape index (κ2) is 9.55. The monoisotopic (exact) mass is 495 g/mol. The van der Waals surface area contributed by atoms with Gasteiger partial charge in [0.05, 0.1) is 44.5 Å². The van der Waals surface area contributed by atoms with E-state index in [0.717, 1.165) is 17.0 Å². The number of hydrogen-bond donors (Lipinski definition) is 3. The zero-order valence-corrected chi connectivity index (χ0v) is 19.0. The fourth-order valence-electron chi connectivity index (χ4n) is 4.10. The molecule has 0 spiro atoms. The normalized spacial score (nSPS) is 14.9. The van der Waals surface area contributed by atoms with Crippen LogP contribution in [0.1, 0.15) is 16.1 Å². The van der Waals surface area contributed by atoms with Crippen LogP contribution in [0.4, 0.5) is 24.5 Å². The summed E-state index contributed by atoms with van der Waals surface area (Å²) in [7, 11) is 1.25. The smallest absolute Gasteiger partial charge is 0.416 e. The number of methoxy groups -OCH3 is 1. The van der Waals surface area contributed by atoms with Crippen LogP contribution in [0, 0.1) is 0 Å². The Morgan fingerprint density at radius 3 is 2.59 bits per heavy atom. The molecule has 3 N–H and O–H groups in total. The Labute approximate surface area is 198 Å². The van der Waals surface area contributed by atoms with Gasteiger partial charge in [-0.05, 0) is 36.4 Å². The fourth-order valence-corrected chi connectivity index (χ4v) is 4.27. The minimum Gasteiger partial charge on any atom is -0.464 e. The van der Waals surface area contributed by atoms with Crippen molar-refractivity contribution in [2.45, 2.75) is 6.18 Å². The maximum atomic E-state index is 13.0. The first-order valence-corrected chi connectivity index (χ1v) is 11.0. The number of hydrogen-bond acceptors (Lipinski definition) is 4. The number of quaternary nitrogens is 1. The molecule has 1 fully saturated rings. The van der Waals surface area contributed by atoms with Crippen LogP contribution >= 0.6 is 11.6 Å². The lowest BCUT2D eigenvalue weighted by molar-refractivity contribution is -0.892. The molecule has 2 heterocycles. The minimum atomic E-state index is -4.39. The minimum absolute atomic E-state index is 0.123. The number of aromatic amines is 1. The van der Waals surface area contributed by atoms with Gasteiger partial charge in [0.25, 0.3) is 5.91 Å². The Hall–Kier alpha value is -3.24. The van der Waals surface area contributed by atoms with Crippen LogP contribution in [0.3, 0.4) is 0 Å². The Morgan fingerprint density at radius 2 is 1.91 bits per heavy atom. The van der Waals surface area contributed by atoms with E-state index in [1.807, 2.05) is 4.90 Å². The highest BCUT2D eigenvalue weighted by Crippen LogP contribution is 2.32. The number of rotatable bonds is 5. The van der Waals surface area contributed by atoms with E-state index in [1.165, 1.54) is 13.2 Å².